The highest BCUT2D eigenvalue weighted by molar-refractivity contribution is 7.20. The number of amides is 1. The highest BCUT2D eigenvalue weighted by Gasteiger charge is 2.31. The first kappa shape index (κ1) is 24.8. The quantitative estimate of drug-likeness (QED) is 0.467. The van der Waals surface area contributed by atoms with Crippen molar-refractivity contribution in [2.45, 2.75) is 32.9 Å². The van der Waals surface area contributed by atoms with E-state index in [4.69, 9.17) is 14.2 Å². The zero-order valence-corrected chi connectivity index (χ0v) is 21.3. The molecule has 2 heterocycles. The molecule has 35 heavy (non-hydrogen) atoms. The Balaban J connectivity index is 1.53. The number of rotatable bonds is 8. The fourth-order valence-corrected chi connectivity index (χ4v) is 5.41. The van der Waals surface area contributed by atoms with Gasteiger partial charge >= 0.3 is 5.97 Å². The molecule has 0 saturated carbocycles. The molecule has 7 nitrogen and oxygen atoms in total. The third kappa shape index (κ3) is 5.33. The molecular weight excluding hydrogens is 464 g/mol. The summed E-state index contributed by atoms with van der Waals surface area (Å²) in [7, 11) is 3.26. The topological polar surface area (TPSA) is 78.3 Å². The summed E-state index contributed by atoms with van der Waals surface area (Å²) in [5, 5.41) is 3.53. The van der Waals surface area contributed by atoms with Gasteiger partial charge < -0.3 is 24.4 Å². The van der Waals surface area contributed by atoms with Crippen molar-refractivity contribution in [1.29, 1.82) is 0 Å². The number of carbonyl (C=O) groups is 2. The monoisotopic (exact) mass is 495 g/mol. The van der Waals surface area contributed by atoms with Gasteiger partial charge in [-0.15, -0.1) is 11.3 Å². The standard InChI is InChI=1S/C27H30N2O5S/c1-5-34-27(31)21-15-24(18-9-7-6-8-10-18)35-26(21)28-25(30)17(2)29-12-11-19-13-22(32-3)23(33-4)14-20(19)16-29/h6-10,13-15,17H,5,11-12,16H2,1-4H3,(H,28,30)/p+1/t17-/m0/s1. The summed E-state index contributed by atoms with van der Waals surface area (Å²) in [5.74, 6) is 0.847. The predicted octanol–water partition coefficient (Wildman–Crippen LogP) is 3.58. The van der Waals surface area contributed by atoms with Gasteiger partial charge in [0.05, 0.1) is 32.9 Å². The van der Waals surface area contributed by atoms with E-state index < -0.39 is 5.97 Å². The fourth-order valence-electron chi connectivity index (χ4n) is 4.35. The van der Waals surface area contributed by atoms with Crippen LogP contribution in [0.25, 0.3) is 10.4 Å². The van der Waals surface area contributed by atoms with Crippen LogP contribution in [0, 0.1) is 0 Å². The lowest BCUT2D eigenvalue weighted by atomic mass is 9.97. The van der Waals surface area contributed by atoms with Gasteiger partial charge in [-0.05, 0) is 43.2 Å². The number of hydrogen-bond acceptors (Lipinski definition) is 6. The van der Waals surface area contributed by atoms with E-state index in [1.807, 2.05) is 49.4 Å². The van der Waals surface area contributed by atoms with Crippen LogP contribution >= 0.6 is 11.3 Å². The van der Waals surface area contributed by atoms with Crippen LogP contribution in [0.3, 0.4) is 0 Å². The molecule has 0 radical (unpaired) electrons. The molecule has 2 aromatic carbocycles. The number of quaternary nitrogens is 1. The zero-order valence-electron chi connectivity index (χ0n) is 20.5. The van der Waals surface area contributed by atoms with Crippen LogP contribution in [-0.4, -0.2) is 45.3 Å². The molecule has 0 bridgehead atoms. The molecule has 0 saturated heterocycles. The second-order valence-electron chi connectivity index (χ2n) is 8.46. The average molecular weight is 496 g/mol. The lowest BCUT2D eigenvalue weighted by Crippen LogP contribution is -3.16. The minimum Gasteiger partial charge on any atom is -0.493 e. The summed E-state index contributed by atoms with van der Waals surface area (Å²) in [6.07, 6.45) is 0.841. The van der Waals surface area contributed by atoms with E-state index in [2.05, 4.69) is 5.32 Å². The first-order valence-electron chi connectivity index (χ1n) is 11.7. The van der Waals surface area contributed by atoms with E-state index in [1.165, 1.54) is 16.9 Å². The molecule has 0 fully saturated rings. The van der Waals surface area contributed by atoms with Gasteiger partial charge in [0.25, 0.3) is 5.91 Å². The van der Waals surface area contributed by atoms with Crippen molar-refractivity contribution in [2.24, 2.45) is 0 Å². The van der Waals surface area contributed by atoms with Gasteiger partial charge in [0.15, 0.2) is 17.5 Å². The lowest BCUT2D eigenvalue weighted by molar-refractivity contribution is -0.929. The number of carbonyl (C=O) groups excluding carboxylic acids is 2. The summed E-state index contributed by atoms with van der Waals surface area (Å²) < 4.78 is 16.1. The van der Waals surface area contributed by atoms with Crippen LogP contribution in [0.4, 0.5) is 5.00 Å². The molecule has 1 aliphatic heterocycles. The number of fused-ring (bicyclic) bond motifs is 1. The number of thiophene rings is 1. The van der Waals surface area contributed by atoms with Crippen molar-refractivity contribution in [3.8, 4) is 21.9 Å². The van der Waals surface area contributed by atoms with Crippen LogP contribution in [0.2, 0.25) is 0 Å². The van der Waals surface area contributed by atoms with Crippen molar-refractivity contribution in [3.63, 3.8) is 0 Å². The van der Waals surface area contributed by atoms with Gasteiger partial charge in [0.2, 0.25) is 0 Å². The summed E-state index contributed by atoms with van der Waals surface area (Å²) >= 11 is 1.38. The van der Waals surface area contributed by atoms with Crippen LogP contribution in [0.5, 0.6) is 11.5 Å². The van der Waals surface area contributed by atoms with Crippen LogP contribution in [-0.2, 0) is 22.5 Å². The number of nitrogens with one attached hydrogen (secondary N) is 2. The molecule has 1 aliphatic rings. The number of anilines is 1. The SMILES string of the molecule is CCOC(=O)c1cc(-c2ccccc2)sc1NC(=O)[C@H](C)[NH+]1CCc2cc(OC)c(OC)cc2C1. The van der Waals surface area contributed by atoms with Crippen molar-refractivity contribution in [3.05, 3.63) is 65.2 Å². The van der Waals surface area contributed by atoms with Gasteiger partial charge in [0.1, 0.15) is 11.5 Å². The summed E-state index contributed by atoms with van der Waals surface area (Å²) in [4.78, 5) is 28.0. The Hall–Kier alpha value is -3.36. The Labute approximate surface area is 209 Å². The molecule has 2 atom stereocenters. The fraction of sp³-hybridized carbons (Fsp3) is 0.333. The van der Waals surface area contributed by atoms with Crippen molar-refractivity contribution < 1.29 is 28.7 Å². The average Bonchev–Trinajstić information content (AvgIpc) is 3.31. The largest absolute Gasteiger partial charge is 0.493 e. The first-order chi connectivity index (χ1) is 16.9. The highest BCUT2D eigenvalue weighted by atomic mass is 32.1. The Morgan fingerprint density at radius 3 is 2.40 bits per heavy atom. The molecule has 1 unspecified atom stereocenters. The maximum absolute atomic E-state index is 13.3. The minimum atomic E-state index is -0.436. The molecule has 4 rings (SSSR count). The van der Waals surface area contributed by atoms with Crippen LogP contribution < -0.4 is 19.7 Å². The molecule has 1 aromatic heterocycles. The number of benzene rings is 2. The Kier molecular flexibility index (Phi) is 7.73. The smallest absolute Gasteiger partial charge is 0.341 e. The minimum absolute atomic E-state index is 0.129. The summed E-state index contributed by atoms with van der Waals surface area (Å²) in [5.41, 5.74) is 3.74. The second kappa shape index (κ2) is 10.9. The van der Waals surface area contributed by atoms with Crippen molar-refractivity contribution >= 4 is 28.2 Å². The van der Waals surface area contributed by atoms with E-state index in [0.29, 0.717) is 22.9 Å². The molecule has 8 heteroatoms. The van der Waals surface area contributed by atoms with Crippen LogP contribution in [0.1, 0.15) is 35.3 Å². The number of ether oxygens (including phenoxy) is 3. The van der Waals surface area contributed by atoms with E-state index in [9.17, 15) is 9.59 Å². The number of esters is 1. The molecular formula is C27H31N2O5S+. The zero-order chi connectivity index (χ0) is 24.9. The molecule has 2 N–H and O–H groups in total. The third-order valence-corrected chi connectivity index (χ3v) is 7.47. The molecule has 184 valence electrons. The molecule has 0 aliphatic carbocycles. The first-order valence-corrected chi connectivity index (χ1v) is 12.5. The van der Waals surface area contributed by atoms with Gasteiger partial charge in [-0.25, -0.2) is 4.79 Å². The third-order valence-electron chi connectivity index (χ3n) is 6.37. The van der Waals surface area contributed by atoms with Crippen LogP contribution in [0.15, 0.2) is 48.5 Å². The van der Waals surface area contributed by atoms with E-state index in [1.54, 1.807) is 27.2 Å². The Morgan fingerprint density at radius 1 is 1.06 bits per heavy atom. The molecule has 0 spiro atoms. The Morgan fingerprint density at radius 2 is 1.74 bits per heavy atom. The number of hydrogen-bond donors (Lipinski definition) is 2. The molecule has 1 amide bonds. The second-order valence-corrected chi connectivity index (χ2v) is 9.51. The predicted molar refractivity (Wildman–Crippen MR) is 137 cm³/mol. The maximum atomic E-state index is 13.3. The van der Waals surface area contributed by atoms with E-state index in [-0.39, 0.29) is 18.6 Å². The number of methoxy groups -OCH3 is 2. The van der Waals surface area contributed by atoms with E-state index in [0.717, 1.165) is 39.6 Å². The van der Waals surface area contributed by atoms with Gasteiger partial charge in [0, 0.05) is 16.9 Å². The highest BCUT2D eigenvalue weighted by Crippen LogP contribution is 2.36. The summed E-state index contributed by atoms with van der Waals surface area (Å²) in [6.45, 7) is 5.48. The lowest BCUT2D eigenvalue weighted by Gasteiger charge is -2.30. The van der Waals surface area contributed by atoms with Gasteiger partial charge in [-0.1, -0.05) is 30.3 Å². The Bertz CT molecular complexity index is 1210. The van der Waals surface area contributed by atoms with Crippen molar-refractivity contribution in [1.82, 2.24) is 0 Å². The van der Waals surface area contributed by atoms with Gasteiger partial charge in [-0.3, -0.25) is 4.79 Å². The maximum Gasteiger partial charge on any atom is 0.341 e. The normalized spacial score (nSPS) is 15.6. The van der Waals surface area contributed by atoms with Gasteiger partial charge in [-0.2, -0.15) is 0 Å². The molecule has 3 aromatic rings. The summed E-state index contributed by atoms with van der Waals surface area (Å²) in [6, 6.07) is 15.3. The van der Waals surface area contributed by atoms with Crippen molar-refractivity contribution in [2.75, 3.05) is 32.7 Å². The van der Waals surface area contributed by atoms with E-state index >= 15 is 0 Å².